The first-order valence-corrected chi connectivity index (χ1v) is 7.37. The lowest BCUT2D eigenvalue weighted by Crippen LogP contribution is -2.40. The van der Waals surface area contributed by atoms with Gasteiger partial charge in [0.15, 0.2) is 0 Å². The molecule has 2 saturated carbocycles. The second-order valence-corrected chi connectivity index (χ2v) is 6.66. The summed E-state index contributed by atoms with van der Waals surface area (Å²) in [5.41, 5.74) is 1.04. The number of rotatable bonds is 2. The highest BCUT2D eigenvalue weighted by Crippen LogP contribution is 2.58. The summed E-state index contributed by atoms with van der Waals surface area (Å²) in [7, 11) is 0. The largest absolute Gasteiger partial charge is 0.390 e. The average molecular weight is 244 g/mol. The van der Waals surface area contributed by atoms with Crippen molar-refractivity contribution in [3.05, 3.63) is 35.9 Å². The Balaban J connectivity index is 1.70. The van der Waals surface area contributed by atoms with Crippen molar-refractivity contribution in [3.8, 4) is 0 Å². The van der Waals surface area contributed by atoms with Gasteiger partial charge >= 0.3 is 0 Å². The second kappa shape index (κ2) is 4.38. The molecule has 0 heterocycles. The van der Waals surface area contributed by atoms with Crippen molar-refractivity contribution in [2.75, 3.05) is 0 Å². The molecule has 0 saturated heterocycles. The van der Waals surface area contributed by atoms with E-state index in [1.165, 1.54) is 18.4 Å². The minimum Gasteiger partial charge on any atom is -0.390 e. The van der Waals surface area contributed by atoms with Crippen LogP contribution >= 0.6 is 0 Å². The highest BCUT2D eigenvalue weighted by atomic mass is 16.3. The third kappa shape index (κ3) is 2.09. The molecule has 2 aliphatic carbocycles. The molecule has 0 radical (unpaired) electrons. The van der Waals surface area contributed by atoms with Crippen molar-refractivity contribution in [3.63, 3.8) is 0 Å². The van der Waals surface area contributed by atoms with Gasteiger partial charge in [-0.05, 0) is 54.9 Å². The molecule has 0 amide bonds. The normalized spacial score (nSPS) is 43.7. The first-order valence-electron chi connectivity index (χ1n) is 7.37. The van der Waals surface area contributed by atoms with Gasteiger partial charge in [0.1, 0.15) is 0 Å². The quantitative estimate of drug-likeness (QED) is 0.834. The topological polar surface area (TPSA) is 20.2 Å². The highest BCUT2D eigenvalue weighted by Gasteiger charge is 2.53. The van der Waals surface area contributed by atoms with E-state index >= 15 is 0 Å². The fourth-order valence-corrected chi connectivity index (χ4v) is 3.82. The van der Waals surface area contributed by atoms with E-state index < -0.39 is 0 Å². The molecule has 0 bridgehead atoms. The van der Waals surface area contributed by atoms with E-state index in [0.717, 1.165) is 18.8 Å². The summed E-state index contributed by atoms with van der Waals surface area (Å²) in [5.74, 6) is 2.56. The average Bonchev–Trinajstić information content (AvgIpc) is 3.16. The lowest BCUT2D eigenvalue weighted by Gasteiger charge is -2.39. The van der Waals surface area contributed by atoms with Gasteiger partial charge in [-0.25, -0.2) is 0 Å². The van der Waals surface area contributed by atoms with Crippen LogP contribution in [0.2, 0.25) is 0 Å². The lowest BCUT2D eigenvalue weighted by atomic mass is 9.70. The highest BCUT2D eigenvalue weighted by molar-refractivity contribution is 5.28. The molecule has 98 valence electrons. The Kier molecular flexibility index (Phi) is 2.97. The van der Waals surface area contributed by atoms with Gasteiger partial charge in [0.2, 0.25) is 0 Å². The minimum atomic E-state index is -0.383. The molecule has 0 aromatic heterocycles. The molecule has 2 aliphatic rings. The molecule has 1 N–H and O–H groups in total. The smallest absolute Gasteiger partial charge is 0.0684 e. The van der Waals surface area contributed by atoms with Crippen LogP contribution in [0.4, 0.5) is 0 Å². The molecule has 1 aromatic carbocycles. The summed E-state index contributed by atoms with van der Waals surface area (Å²) in [6.45, 7) is 4.63. The molecule has 0 aliphatic heterocycles. The summed E-state index contributed by atoms with van der Waals surface area (Å²) < 4.78 is 0. The van der Waals surface area contributed by atoms with E-state index in [4.69, 9.17) is 0 Å². The molecular weight excluding hydrogens is 220 g/mol. The molecule has 5 atom stereocenters. The summed E-state index contributed by atoms with van der Waals surface area (Å²) in [6, 6.07) is 10.7. The van der Waals surface area contributed by atoms with Gasteiger partial charge in [0.25, 0.3) is 0 Å². The molecule has 1 heteroatoms. The molecular formula is C17H24O. The van der Waals surface area contributed by atoms with E-state index in [1.54, 1.807) is 0 Å². The van der Waals surface area contributed by atoms with Crippen LogP contribution in [0.5, 0.6) is 0 Å². The first-order chi connectivity index (χ1) is 8.60. The van der Waals surface area contributed by atoms with Gasteiger partial charge in [-0.3, -0.25) is 0 Å². The lowest BCUT2D eigenvalue weighted by molar-refractivity contribution is -0.0481. The first kappa shape index (κ1) is 12.2. The maximum atomic E-state index is 10.9. The van der Waals surface area contributed by atoms with Gasteiger partial charge in [-0.2, -0.15) is 0 Å². The van der Waals surface area contributed by atoms with Crippen LogP contribution in [0.3, 0.4) is 0 Å². The third-order valence-corrected chi connectivity index (χ3v) is 5.39. The van der Waals surface area contributed by atoms with Crippen molar-refractivity contribution in [1.29, 1.82) is 0 Å². The van der Waals surface area contributed by atoms with Gasteiger partial charge in [-0.1, -0.05) is 44.2 Å². The van der Waals surface area contributed by atoms with E-state index in [0.29, 0.717) is 17.8 Å². The Labute approximate surface area is 110 Å². The zero-order valence-electron chi connectivity index (χ0n) is 11.5. The second-order valence-electron chi connectivity index (χ2n) is 6.66. The Morgan fingerprint density at radius 2 is 1.83 bits per heavy atom. The van der Waals surface area contributed by atoms with Gasteiger partial charge in [0, 0.05) is 0 Å². The van der Waals surface area contributed by atoms with Crippen LogP contribution in [-0.2, 0) is 0 Å². The summed E-state index contributed by atoms with van der Waals surface area (Å²) in [6.07, 6.45) is 4.38. The van der Waals surface area contributed by atoms with Gasteiger partial charge in [0.05, 0.1) is 5.60 Å². The molecule has 1 nitrogen and oxygen atoms in total. The SMILES string of the molecule is CC1CCC(O)(C2CC2c2ccccc2)CC1C. The van der Waals surface area contributed by atoms with Crippen LogP contribution in [0.15, 0.2) is 30.3 Å². The van der Waals surface area contributed by atoms with Gasteiger partial charge < -0.3 is 5.11 Å². The number of hydrogen-bond acceptors (Lipinski definition) is 1. The third-order valence-electron chi connectivity index (χ3n) is 5.39. The van der Waals surface area contributed by atoms with Crippen molar-refractivity contribution in [2.45, 2.75) is 51.0 Å². The van der Waals surface area contributed by atoms with Crippen molar-refractivity contribution in [2.24, 2.45) is 17.8 Å². The van der Waals surface area contributed by atoms with Crippen molar-refractivity contribution >= 4 is 0 Å². The van der Waals surface area contributed by atoms with E-state index in [-0.39, 0.29) is 5.60 Å². The van der Waals surface area contributed by atoms with E-state index in [2.05, 4.69) is 44.2 Å². The Morgan fingerprint density at radius 3 is 2.50 bits per heavy atom. The monoisotopic (exact) mass is 244 g/mol. The van der Waals surface area contributed by atoms with Crippen molar-refractivity contribution < 1.29 is 5.11 Å². The van der Waals surface area contributed by atoms with E-state index in [9.17, 15) is 5.11 Å². The predicted octanol–water partition coefficient (Wildman–Crippen LogP) is 3.98. The summed E-state index contributed by atoms with van der Waals surface area (Å²) in [5, 5.41) is 10.9. The number of aliphatic hydroxyl groups is 1. The zero-order chi connectivity index (χ0) is 12.8. The standard InChI is InChI=1S/C17H24O/c1-12-8-9-17(18,11-13(12)2)16-10-15(16)14-6-4-3-5-7-14/h3-7,12-13,15-16,18H,8-11H2,1-2H3. The fraction of sp³-hybridized carbons (Fsp3) is 0.647. The van der Waals surface area contributed by atoms with Crippen LogP contribution in [0.25, 0.3) is 0 Å². The zero-order valence-corrected chi connectivity index (χ0v) is 11.5. The predicted molar refractivity (Wildman–Crippen MR) is 74.4 cm³/mol. The van der Waals surface area contributed by atoms with Crippen LogP contribution in [0.1, 0.15) is 51.0 Å². The molecule has 0 spiro atoms. The van der Waals surface area contributed by atoms with Crippen LogP contribution < -0.4 is 0 Å². The number of benzene rings is 1. The Bertz CT molecular complexity index is 413. The van der Waals surface area contributed by atoms with Crippen LogP contribution in [0, 0.1) is 17.8 Å². The summed E-state index contributed by atoms with van der Waals surface area (Å²) in [4.78, 5) is 0. The summed E-state index contributed by atoms with van der Waals surface area (Å²) >= 11 is 0. The molecule has 2 fully saturated rings. The fourth-order valence-electron chi connectivity index (χ4n) is 3.82. The van der Waals surface area contributed by atoms with Crippen LogP contribution in [-0.4, -0.2) is 10.7 Å². The maximum Gasteiger partial charge on any atom is 0.0684 e. The number of hydrogen-bond donors (Lipinski definition) is 1. The Hall–Kier alpha value is -0.820. The molecule has 1 aromatic rings. The van der Waals surface area contributed by atoms with Crippen molar-refractivity contribution in [1.82, 2.24) is 0 Å². The van der Waals surface area contributed by atoms with E-state index in [1.807, 2.05) is 0 Å². The molecule has 18 heavy (non-hydrogen) atoms. The minimum absolute atomic E-state index is 0.383. The Morgan fingerprint density at radius 1 is 1.11 bits per heavy atom. The molecule has 3 rings (SSSR count). The maximum absolute atomic E-state index is 10.9. The molecule has 5 unspecified atom stereocenters. The van der Waals surface area contributed by atoms with Gasteiger partial charge in [-0.15, -0.1) is 0 Å².